The summed E-state index contributed by atoms with van der Waals surface area (Å²) in [5.74, 6) is 0. The second-order valence-electron chi connectivity index (χ2n) is 5.79. The van der Waals surface area contributed by atoms with Gasteiger partial charge in [0.1, 0.15) is 6.10 Å². The minimum atomic E-state index is -0.574. The zero-order valence-corrected chi connectivity index (χ0v) is 12.8. The van der Waals surface area contributed by atoms with Gasteiger partial charge in [0, 0.05) is 19.3 Å². The first-order chi connectivity index (χ1) is 9.73. The molecule has 4 heteroatoms. The second kappa shape index (κ2) is 7.23. The summed E-state index contributed by atoms with van der Waals surface area (Å²) in [6.07, 6.45) is 8.88. The Morgan fingerprint density at radius 1 is 1.30 bits per heavy atom. The fraction of sp³-hybridized carbons (Fsp3) is 0.812. The van der Waals surface area contributed by atoms with Gasteiger partial charge in [-0.1, -0.05) is 32.6 Å². The van der Waals surface area contributed by atoms with Crippen LogP contribution in [-0.4, -0.2) is 27.1 Å². The van der Waals surface area contributed by atoms with Gasteiger partial charge in [0.2, 0.25) is 0 Å². The Kier molecular flexibility index (Phi) is 5.61. The number of hydrogen-bond acceptors (Lipinski definition) is 3. The molecule has 0 bridgehead atoms. The van der Waals surface area contributed by atoms with Crippen molar-refractivity contribution in [3.8, 4) is 0 Å². The van der Waals surface area contributed by atoms with Crippen LogP contribution >= 0.6 is 0 Å². The van der Waals surface area contributed by atoms with E-state index in [4.69, 9.17) is 4.74 Å². The van der Waals surface area contributed by atoms with Gasteiger partial charge in [-0.15, -0.1) is 0 Å². The molecule has 0 spiro atoms. The maximum absolute atomic E-state index is 11.0. The molecule has 0 radical (unpaired) electrons. The van der Waals surface area contributed by atoms with E-state index in [9.17, 15) is 5.11 Å². The minimum absolute atomic E-state index is 0.420. The smallest absolute Gasteiger partial charge is 0.124 e. The molecule has 0 amide bonds. The molecular weight excluding hydrogens is 252 g/mol. The van der Waals surface area contributed by atoms with Crippen LogP contribution in [0.4, 0.5) is 0 Å². The van der Waals surface area contributed by atoms with Crippen molar-refractivity contribution in [1.82, 2.24) is 9.78 Å². The lowest BCUT2D eigenvalue weighted by Gasteiger charge is -2.37. The Morgan fingerprint density at radius 2 is 2.00 bits per heavy atom. The average Bonchev–Trinajstić information content (AvgIpc) is 2.77. The van der Waals surface area contributed by atoms with Crippen molar-refractivity contribution in [3.63, 3.8) is 0 Å². The number of aliphatic hydroxyl groups excluding tert-OH is 1. The van der Waals surface area contributed by atoms with E-state index in [1.807, 2.05) is 17.7 Å². The third-order valence-electron chi connectivity index (χ3n) is 4.34. The van der Waals surface area contributed by atoms with Gasteiger partial charge in [0.05, 0.1) is 11.3 Å². The largest absolute Gasteiger partial charge is 0.384 e. The van der Waals surface area contributed by atoms with Crippen molar-refractivity contribution in [2.45, 2.75) is 77.0 Å². The maximum atomic E-state index is 11.0. The summed E-state index contributed by atoms with van der Waals surface area (Å²) < 4.78 is 8.00. The van der Waals surface area contributed by atoms with Gasteiger partial charge in [0.15, 0.2) is 0 Å². The van der Waals surface area contributed by atoms with E-state index in [1.54, 1.807) is 6.20 Å². The third kappa shape index (κ3) is 3.23. The number of ether oxygens (including phenoxy) is 1. The third-order valence-corrected chi connectivity index (χ3v) is 4.34. The lowest BCUT2D eigenvalue weighted by molar-refractivity contribution is -0.134. The van der Waals surface area contributed by atoms with Crippen LogP contribution in [0.25, 0.3) is 0 Å². The normalized spacial score (nSPS) is 20.6. The monoisotopic (exact) mass is 280 g/mol. The van der Waals surface area contributed by atoms with Gasteiger partial charge in [-0.05, 0) is 32.3 Å². The standard InChI is InChI=1S/C16H28N2O2/c1-3-13-18-14(9-12-17-18)15(19)16(20-4-2)10-7-5-6-8-11-16/h9,12,15,19H,3-8,10-11,13H2,1-2H3. The fourth-order valence-electron chi connectivity index (χ4n) is 3.35. The molecule has 0 saturated heterocycles. The van der Waals surface area contributed by atoms with Crippen molar-refractivity contribution in [3.05, 3.63) is 18.0 Å². The first-order valence-corrected chi connectivity index (χ1v) is 8.07. The van der Waals surface area contributed by atoms with E-state index in [-0.39, 0.29) is 0 Å². The fourth-order valence-corrected chi connectivity index (χ4v) is 3.35. The van der Waals surface area contributed by atoms with Gasteiger partial charge < -0.3 is 9.84 Å². The first kappa shape index (κ1) is 15.5. The van der Waals surface area contributed by atoms with E-state index in [0.717, 1.165) is 44.3 Å². The van der Waals surface area contributed by atoms with Crippen LogP contribution in [0, 0.1) is 0 Å². The van der Waals surface area contributed by atoms with Gasteiger partial charge in [0.25, 0.3) is 0 Å². The van der Waals surface area contributed by atoms with E-state index in [0.29, 0.717) is 6.61 Å². The SMILES string of the molecule is CCCn1nccc1C(O)C1(OCC)CCCCCC1. The summed E-state index contributed by atoms with van der Waals surface area (Å²) in [5.41, 5.74) is 0.485. The summed E-state index contributed by atoms with van der Waals surface area (Å²) in [5, 5.41) is 15.3. The minimum Gasteiger partial charge on any atom is -0.384 e. The zero-order valence-electron chi connectivity index (χ0n) is 12.8. The van der Waals surface area contributed by atoms with Crippen LogP contribution in [0.2, 0.25) is 0 Å². The Labute approximate surface area is 122 Å². The quantitative estimate of drug-likeness (QED) is 0.812. The molecule has 2 rings (SSSR count). The highest BCUT2D eigenvalue weighted by atomic mass is 16.5. The van der Waals surface area contributed by atoms with Crippen molar-refractivity contribution in [2.75, 3.05) is 6.61 Å². The predicted octanol–water partition coefficient (Wildman–Crippen LogP) is 3.46. The molecule has 1 N–H and O–H groups in total. The summed E-state index contributed by atoms with van der Waals surface area (Å²) >= 11 is 0. The molecule has 0 aromatic carbocycles. The van der Waals surface area contributed by atoms with Gasteiger partial charge in [-0.2, -0.15) is 5.10 Å². The molecule has 1 heterocycles. The summed E-state index contributed by atoms with van der Waals surface area (Å²) in [7, 11) is 0. The Morgan fingerprint density at radius 3 is 2.60 bits per heavy atom. The van der Waals surface area contributed by atoms with E-state index in [1.165, 1.54) is 12.8 Å². The second-order valence-corrected chi connectivity index (χ2v) is 5.79. The van der Waals surface area contributed by atoms with Crippen LogP contribution in [0.15, 0.2) is 12.3 Å². The Balaban J connectivity index is 2.24. The number of nitrogens with zero attached hydrogens (tertiary/aromatic N) is 2. The number of aliphatic hydroxyl groups is 1. The first-order valence-electron chi connectivity index (χ1n) is 8.07. The highest BCUT2D eigenvalue weighted by Crippen LogP contribution is 2.40. The highest BCUT2D eigenvalue weighted by Gasteiger charge is 2.41. The zero-order chi connectivity index (χ0) is 14.4. The number of aryl methyl sites for hydroxylation is 1. The van der Waals surface area contributed by atoms with Gasteiger partial charge in [-0.3, -0.25) is 4.68 Å². The number of hydrogen-bond donors (Lipinski definition) is 1. The van der Waals surface area contributed by atoms with Crippen LogP contribution in [0.1, 0.15) is 70.6 Å². The lowest BCUT2D eigenvalue weighted by Crippen LogP contribution is -2.40. The van der Waals surface area contributed by atoms with Crippen LogP contribution in [0.3, 0.4) is 0 Å². The molecular formula is C16H28N2O2. The van der Waals surface area contributed by atoms with E-state index in [2.05, 4.69) is 12.0 Å². The molecule has 1 fully saturated rings. The molecule has 1 saturated carbocycles. The molecule has 1 unspecified atom stereocenters. The molecule has 1 aliphatic rings. The number of rotatable bonds is 6. The molecule has 1 aromatic rings. The van der Waals surface area contributed by atoms with Crippen LogP contribution in [-0.2, 0) is 11.3 Å². The van der Waals surface area contributed by atoms with Crippen LogP contribution < -0.4 is 0 Å². The molecule has 0 aliphatic heterocycles. The van der Waals surface area contributed by atoms with Gasteiger partial charge in [-0.25, -0.2) is 0 Å². The van der Waals surface area contributed by atoms with Crippen LogP contribution in [0.5, 0.6) is 0 Å². The van der Waals surface area contributed by atoms with Crippen molar-refractivity contribution >= 4 is 0 Å². The molecule has 20 heavy (non-hydrogen) atoms. The summed E-state index contributed by atoms with van der Waals surface area (Å²) in [4.78, 5) is 0. The average molecular weight is 280 g/mol. The van der Waals surface area contributed by atoms with Crippen molar-refractivity contribution in [2.24, 2.45) is 0 Å². The Hall–Kier alpha value is -0.870. The van der Waals surface area contributed by atoms with Crippen molar-refractivity contribution < 1.29 is 9.84 Å². The lowest BCUT2D eigenvalue weighted by atomic mass is 9.86. The Bertz CT molecular complexity index is 395. The van der Waals surface area contributed by atoms with E-state index < -0.39 is 11.7 Å². The maximum Gasteiger partial charge on any atom is 0.124 e. The summed E-state index contributed by atoms with van der Waals surface area (Å²) in [6, 6.07) is 1.94. The van der Waals surface area contributed by atoms with Crippen molar-refractivity contribution in [1.29, 1.82) is 0 Å². The molecule has 1 aromatic heterocycles. The summed E-state index contributed by atoms with van der Waals surface area (Å²) in [6.45, 7) is 5.64. The predicted molar refractivity (Wildman–Crippen MR) is 79.5 cm³/mol. The topological polar surface area (TPSA) is 47.3 Å². The van der Waals surface area contributed by atoms with Gasteiger partial charge >= 0.3 is 0 Å². The highest BCUT2D eigenvalue weighted by molar-refractivity contribution is 5.11. The molecule has 4 nitrogen and oxygen atoms in total. The van der Waals surface area contributed by atoms with E-state index >= 15 is 0 Å². The number of aromatic nitrogens is 2. The molecule has 1 aliphatic carbocycles. The molecule has 114 valence electrons. The molecule has 1 atom stereocenters.